The summed E-state index contributed by atoms with van der Waals surface area (Å²) in [6.45, 7) is 9.89. The molecule has 1 aliphatic rings. The Hall–Kier alpha value is -13.5. The molecule has 1 saturated heterocycles. The van der Waals surface area contributed by atoms with Gasteiger partial charge < -0.3 is 61.8 Å². The molecule has 14 rings (SSSR count). The van der Waals surface area contributed by atoms with E-state index in [1.807, 2.05) is 111 Å². The monoisotopic (exact) mass is 1790 g/mol. The van der Waals surface area contributed by atoms with Crippen LogP contribution in [0.15, 0.2) is 301 Å². The van der Waals surface area contributed by atoms with Gasteiger partial charge in [0.05, 0.1) is 72.0 Å². The maximum absolute atomic E-state index is 14.1. The molecule has 2 amide bonds. The van der Waals surface area contributed by atoms with Gasteiger partial charge in [0.1, 0.15) is 63.2 Å². The lowest BCUT2D eigenvalue weighted by Crippen LogP contribution is -2.47. The maximum atomic E-state index is 14.1. The fourth-order valence-corrected chi connectivity index (χ4v) is 16.7. The molecule has 0 bridgehead atoms. The number of hydrogen-bond acceptors (Lipinski definition) is 20. The molecule has 4 aromatic heterocycles. The number of aromatic nitrogens is 2. The van der Waals surface area contributed by atoms with Gasteiger partial charge in [0.2, 0.25) is 4.80 Å². The number of ether oxygens (including phenoxy) is 5. The highest BCUT2D eigenvalue weighted by atomic mass is 32.2. The van der Waals surface area contributed by atoms with Crippen LogP contribution in [0, 0.1) is 24.4 Å². The Morgan fingerprint density at radius 3 is 1.63 bits per heavy atom. The van der Waals surface area contributed by atoms with Gasteiger partial charge >= 0.3 is 5.97 Å². The molecule has 9 aromatic carbocycles. The van der Waals surface area contributed by atoms with Crippen LogP contribution in [0.4, 0.5) is 30.2 Å². The number of aromatic hydroxyl groups is 1. The molecule has 0 saturated carbocycles. The van der Waals surface area contributed by atoms with E-state index in [2.05, 4.69) is 22.0 Å². The topological polar surface area (TPSA) is 266 Å². The largest absolute Gasteiger partial charge is 0.507 e. The third-order valence-corrected chi connectivity index (χ3v) is 24.8. The zero-order chi connectivity index (χ0) is 90.7. The summed E-state index contributed by atoms with van der Waals surface area (Å²) in [5.41, 5.74) is 6.98. The predicted molar refractivity (Wildman–Crippen MR) is 485 cm³/mol. The van der Waals surface area contributed by atoms with Crippen LogP contribution in [-0.2, 0) is 47.5 Å². The average Bonchev–Trinajstić information content (AvgIpc) is 1.80. The fourth-order valence-electron chi connectivity index (χ4n) is 13.5. The number of phenols is 1. The first-order chi connectivity index (χ1) is 61.1. The number of phenolic OH excluding ortho intramolecular Hbond substituents is 1. The lowest BCUT2D eigenvalue weighted by Gasteiger charge is -2.37. The number of methoxy groups -OCH3 is 1. The summed E-state index contributed by atoms with van der Waals surface area (Å²) in [4.78, 5) is 51.1. The van der Waals surface area contributed by atoms with Crippen molar-refractivity contribution < 1.29 is 82.0 Å². The number of sulfonamides is 2. The number of benzene rings is 9. The van der Waals surface area contributed by atoms with Gasteiger partial charge in [-0.2, -0.15) is 5.10 Å². The number of carbonyl (C=O) groups excluding carboxylic acids is 3. The van der Waals surface area contributed by atoms with E-state index in [0.717, 1.165) is 66.0 Å². The molecule has 1 N–H and O–H groups in total. The summed E-state index contributed by atoms with van der Waals surface area (Å²) in [5, 5.41) is 16.3. The highest BCUT2D eigenvalue weighted by Crippen LogP contribution is 2.32. The van der Waals surface area contributed by atoms with Crippen molar-refractivity contribution in [3.63, 3.8) is 0 Å². The summed E-state index contributed by atoms with van der Waals surface area (Å²) < 4.78 is 137. The molecule has 1 atom stereocenters. The number of nitrogens with zero attached hydrogens (tertiary/aromatic N) is 10. The van der Waals surface area contributed by atoms with E-state index in [4.69, 9.17) is 32.5 Å². The van der Waals surface area contributed by atoms with E-state index in [9.17, 15) is 49.5 Å². The minimum absolute atomic E-state index is 0.0126. The number of likely N-dealkylation sites (tertiary alicyclic amines) is 1. The Kier molecular flexibility index (Phi) is 33.3. The van der Waals surface area contributed by atoms with Crippen LogP contribution in [0.5, 0.6) is 28.7 Å². The van der Waals surface area contributed by atoms with Crippen molar-refractivity contribution in [2.45, 2.75) is 68.6 Å². The highest BCUT2D eigenvalue weighted by molar-refractivity contribution is 7.93. The molecule has 0 radical (unpaired) electrons. The zero-order valence-corrected chi connectivity index (χ0v) is 74.4. The molecule has 1 aliphatic heterocycles. The Bertz CT molecular complexity index is 6080. The number of amides is 2. The number of esters is 1. The van der Waals surface area contributed by atoms with Crippen molar-refractivity contribution in [3.05, 3.63) is 328 Å². The second-order valence-corrected chi connectivity index (χ2v) is 34.3. The summed E-state index contributed by atoms with van der Waals surface area (Å²) in [7, 11) is 4.66. The minimum atomic E-state index is -3.75. The Morgan fingerprint density at radius 1 is 0.583 bits per heavy atom. The van der Waals surface area contributed by atoms with Gasteiger partial charge in [-0.3, -0.25) is 18.2 Å². The molecule has 664 valence electrons. The van der Waals surface area contributed by atoms with E-state index < -0.39 is 37.7 Å². The molecule has 25 nitrogen and oxygen atoms in total. The standard InChI is InChI=1S/C30H37N3O5S.C28H35N3O5S.C21H15F2N3O2S.C17H14FNO3/c1-4-37-27-14-16-29(17-15-27)39(35,36)32(3)25-10-12-28(13-11-25)38-23-30(34)33(22-24-8-6-5-7-9-24)26-18-20-31(2)21-19-26;1-6-35-24-16-18-26(19-17-24)37(33,34)31(5)23-12-14-25(15-13-23)36-21-28(32)30(4)27(20-29(2)3)22-10-8-7-9-11-22;1-13-4-5-14(19(27)9-13)11-24-26-18(20-3-2-8-28-20)12-29-21(26)25-17-7-6-15(22)10-16(17)23;1-21-17(20)15-8-7-14(16-6-3-9-22-16)19(15)11-12-4-2-5-13(18)10-12/h5-17,26H,4,18-23H2,1-3H3;7-19,27H,6,20-21H2,1-5H3;2-12,27H,1H3;2-10H,11H2,1H3/b;;24-11+,25-21?;. The number of likely N-dealkylation sites (N-methyl/N-ethyl adjacent to an activating group) is 2. The van der Waals surface area contributed by atoms with E-state index in [-0.39, 0.29) is 64.2 Å². The van der Waals surface area contributed by atoms with Gasteiger partial charge in [0.15, 0.2) is 24.8 Å². The minimum Gasteiger partial charge on any atom is -0.507 e. The number of thiazole rings is 1. The first-order valence-electron chi connectivity index (χ1n) is 40.6. The lowest BCUT2D eigenvalue weighted by molar-refractivity contribution is -0.137. The van der Waals surface area contributed by atoms with Crippen LogP contribution in [0.2, 0.25) is 0 Å². The van der Waals surface area contributed by atoms with Crippen molar-refractivity contribution in [1.29, 1.82) is 0 Å². The van der Waals surface area contributed by atoms with E-state index in [1.165, 1.54) is 101 Å². The first-order valence-corrected chi connectivity index (χ1v) is 44.4. The van der Waals surface area contributed by atoms with Crippen LogP contribution < -0.4 is 32.4 Å². The van der Waals surface area contributed by atoms with Crippen molar-refractivity contribution >= 4 is 72.4 Å². The van der Waals surface area contributed by atoms with Crippen LogP contribution in [-0.4, -0.2) is 176 Å². The van der Waals surface area contributed by atoms with Crippen LogP contribution >= 0.6 is 11.3 Å². The first kappa shape index (κ1) is 94.2. The number of hydrogen-bond donors (Lipinski definition) is 1. The molecular weight excluding hydrogens is 1690 g/mol. The number of piperidine rings is 1. The number of halogens is 3. The Balaban J connectivity index is 0.000000167. The van der Waals surface area contributed by atoms with Crippen LogP contribution in [0.25, 0.3) is 22.9 Å². The number of anilines is 2. The quantitative estimate of drug-likeness (QED) is 0.0312. The van der Waals surface area contributed by atoms with Crippen molar-refractivity contribution in [2.24, 2.45) is 10.1 Å². The molecule has 0 spiro atoms. The third-order valence-electron chi connectivity index (χ3n) is 20.4. The van der Waals surface area contributed by atoms with Gasteiger partial charge in [-0.25, -0.2) is 44.5 Å². The normalized spacial score (nSPS) is 12.6. The van der Waals surface area contributed by atoms with Crippen molar-refractivity contribution in [2.75, 3.05) is 104 Å². The smallest absolute Gasteiger partial charge is 0.354 e. The molecule has 1 fully saturated rings. The Morgan fingerprint density at radius 2 is 1.11 bits per heavy atom. The molecule has 0 aliphatic carbocycles. The highest BCUT2D eigenvalue weighted by Gasteiger charge is 2.30. The zero-order valence-electron chi connectivity index (χ0n) is 72.0. The van der Waals surface area contributed by atoms with E-state index in [1.54, 1.807) is 162 Å². The number of carbonyl (C=O) groups is 3. The summed E-state index contributed by atoms with van der Waals surface area (Å²) in [6, 6.07) is 71.1. The van der Waals surface area contributed by atoms with Crippen LogP contribution in [0.3, 0.4) is 0 Å². The second-order valence-electron chi connectivity index (χ2n) is 29.5. The summed E-state index contributed by atoms with van der Waals surface area (Å²) >= 11 is 1.22. The molecule has 31 heteroatoms. The number of rotatable bonds is 31. The fraction of sp³-hybridized carbons (Fsp3) is 0.240. The molecule has 13 aromatic rings. The van der Waals surface area contributed by atoms with Crippen molar-refractivity contribution in [3.8, 4) is 51.7 Å². The van der Waals surface area contributed by atoms with Gasteiger partial charge in [-0.05, 0) is 260 Å². The van der Waals surface area contributed by atoms with Crippen molar-refractivity contribution in [1.82, 2.24) is 28.8 Å². The molecule has 127 heavy (non-hydrogen) atoms. The SMILES string of the molecule is CCOc1ccc(S(=O)(=O)N(C)c2ccc(OCC(=O)N(C)C(CN(C)C)c3ccccc3)cc2)cc1.CCOc1ccc(S(=O)(=O)N(C)c2ccc(OCC(=O)N(Cc3ccccc3)C3CCN(C)CC3)cc2)cc1.COC(=O)c1ccc(-c2ccco2)n1Cc1cccc(F)c1.Cc1ccc(/C=N/n2c(-c3ccco3)csc2=Nc2ccc(F)cc2F)c(O)c1. The van der Waals surface area contributed by atoms with Gasteiger partial charge in [-0.15, -0.1) is 11.3 Å². The average molecular weight is 1790 g/mol. The number of aryl methyl sites for hydroxylation is 1. The van der Waals surface area contributed by atoms with Gasteiger partial charge in [-0.1, -0.05) is 78.9 Å². The Labute approximate surface area is 741 Å². The van der Waals surface area contributed by atoms with Gasteiger partial charge in [0, 0.05) is 63.8 Å². The summed E-state index contributed by atoms with van der Waals surface area (Å²) in [5.74, 6) is 1.04. The number of furan rings is 2. The maximum Gasteiger partial charge on any atom is 0.354 e. The van der Waals surface area contributed by atoms with E-state index in [0.29, 0.717) is 100 Å². The lowest BCUT2D eigenvalue weighted by atomic mass is 10.0. The summed E-state index contributed by atoms with van der Waals surface area (Å²) in [6.07, 6.45) is 6.43. The molecule has 5 heterocycles. The van der Waals surface area contributed by atoms with E-state index >= 15 is 0 Å². The molecule has 1 unspecified atom stereocenters. The predicted octanol–water partition coefficient (Wildman–Crippen LogP) is 17.4. The second kappa shape index (κ2) is 44.9. The third kappa shape index (κ3) is 25.7. The molecular formula is C96H101F3N10O15S3. The van der Waals surface area contributed by atoms with Crippen LogP contribution in [0.1, 0.15) is 71.0 Å². The van der Waals surface area contributed by atoms with Gasteiger partial charge in [0.25, 0.3) is 31.9 Å².